The summed E-state index contributed by atoms with van der Waals surface area (Å²) in [5.41, 5.74) is 10.2. The first-order valence-electron chi connectivity index (χ1n) is 8.40. The van der Waals surface area contributed by atoms with Crippen molar-refractivity contribution >= 4 is 40.6 Å². The second-order valence-corrected chi connectivity index (χ2v) is 10.9. The summed E-state index contributed by atoms with van der Waals surface area (Å²) in [5.74, 6) is 2.05. The Hall–Kier alpha value is -1.80. The molecule has 3 unspecified atom stereocenters. The number of fused-ring (bicyclic) bond motifs is 1. The number of nitrogens with zero attached hydrogens (tertiary/aromatic N) is 4. The molecule has 2 aromatic rings. The van der Waals surface area contributed by atoms with Gasteiger partial charge in [0.2, 0.25) is 5.95 Å². The minimum absolute atomic E-state index is 0.115. The van der Waals surface area contributed by atoms with Crippen molar-refractivity contribution in [3.8, 4) is 12.3 Å². The standard InChI is InChI=1S/C12H17N6O12P3/c1-2-12(14)8(19)7(4-27-32(23,24)30-33(25,26)29-31(20,21)22)28-10(12)18-5-16-6-3-15-11(13)17-9(6)18/h1,3,5,7-8,10,19H,4,14H2,(H,23,24)(H,25,26)(H2,13,15,17)(H2,20,21,22)/t7-,8+,10-,12?/m1/s1. The number of terminal acetylenes is 1. The predicted octanol–water partition coefficient (Wildman–Crippen LogP) is -1.66. The van der Waals surface area contributed by atoms with Crippen molar-refractivity contribution in [1.82, 2.24) is 19.5 Å². The molecule has 2 aromatic heterocycles. The molecule has 1 fully saturated rings. The quantitative estimate of drug-likeness (QED) is 0.148. The smallest absolute Gasteiger partial charge is 0.387 e. The van der Waals surface area contributed by atoms with Gasteiger partial charge in [0.15, 0.2) is 17.4 Å². The number of imidazole rings is 1. The molecule has 1 aliphatic rings. The highest BCUT2D eigenvalue weighted by atomic mass is 31.3. The number of rotatable bonds is 8. The summed E-state index contributed by atoms with van der Waals surface area (Å²) < 4.78 is 52.5. The Balaban J connectivity index is 1.79. The van der Waals surface area contributed by atoms with Crippen molar-refractivity contribution in [2.45, 2.75) is 24.0 Å². The molecular weight excluding hydrogens is 513 g/mol. The molecule has 0 aromatic carbocycles. The fourth-order valence-electron chi connectivity index (χ4n) is 2.87. The van der Waals surface area contributed by atoms with E-state index in [0.717, 1.165) is 0 Å². The lowest BCUT2D eigenvalue weighted by Crippen LogP contribution is -2.53. The molecule has 21 heteroatoms. The monoisotopic (exact) mass is 530 g/mol. The zero-order valence-electron chi connectivity index (χ0n) is 16.1. The van der Waals surface area contributed by atoms with Crippen molar-refractivity contribution in [1.29, 1.82) is 0 Å². The third-order valence-electron chi connectivity index (χ3n) is 4.21. The van der Waals surface area contributed by atoms with Crippen LogP contribution in [0.4, 0.5) is 5.95 Å². The maximum absolute atomic E-state index is 11.9. The van der Waals surface area contributed by atoms with Gasteiger partial charge in [0.25, 0.3) is 0 Å². The Morgan fingerprint density at radius 1 is 1.21 bits per heavy atom. The predicted molar refractivity (Wildman–Crippen MR) is 105 cm³/mol. The number of nitrogen functional groups attached to an aromatic ring is 1. The van der Waals surface area contributed by atoms with Gasteiger partial charge in [-0.15, -0.1) is 6.42 Å². The molecule has 0 radical (unpaired) electrons. The van der Waals surface area contributed by atoms with Gasteiger partial charge in [0, 0.05) is 0 Å². The lowest BCUT2D eigenvalue weighted by molar-refractivity contribution is -0.0438. The average molecular weight is 530 g/mol. The number of nitrogens with two attached hydrogens (primary N) is 2. The van der Waals surface area contributed by atoms with Crippen LogP contribution < -0.4 is 11.5 Å². The molecule has 0 aliphatic carbocycles. The number of hydrogen-bond donors (Lipinski definition) is 7. The van der Waals surface area contributed by atoms with Crippen molar-refractivity contribution in [2.24, 2.45) is 5.73 Å². The van der Waals surface area contributed by atoms with Crippen molar-refractivity contribution in [3.05, 3.63) is 12.5 Å². The van der Waals surface area contributed by atoms with Gasteiger partial charge in [-0.1, -0.05) is 5.92 Å². The van der Waals surface area contributed by atoms with Crippen LogP contribution in [0.3, 0.4) is 0 Å². The lowest BCUT2D eigenvalue weighted by atomic mass is 9.92. The normalized spacial score (nSPS) is 29.4. The van der Waals surface area contributed by atoms with E-state index in [0.29, 0.717) is 0 Å². The molecule has 0 saturated carbocycles. The van der Waals surface area contributed by atoms with Crippen LogP contribution in [-0.4, -0.2) is 68.6 Å². The Morgan fingerprint density at radius 3 is 2.48 bits per heavy atom. The number of phosphoric ester groups is 1. The highest BCUT2D eigenvalue weighted by Crippen LogP contribution is 2.66. The number of anilines is 1. The van der Waals surface area contributed by atoms with Crippen LogP contribution in [0.2, 0.25) is 0 Å². The molecular formula is C12H17N6O12P3. The number of hydrogen-bond acceptors (Lipinski definition) is 13. The first-order valence-corrected chi connectivity index (χ1v) is 12.9. The third-order valence-corrected chi connectivity index (χ3v) is 8.01. The van der Waals surface area contributed by atoms with Gasteiger partial charge in [-0.2, -0.15) is 13.6 Å². The molecule has 182 valence electrons. The molecule has 6 atom stereocenters. The second-order valence-electron chi connectivity index (χ2n) is 6.52. The highest BCUT2D eigenvalue weighted by Gasteiger charge is 2.55. The summed E-state index contributed by atoms with van der Waals surface area (Å²) in [4.78, 5) is 47.7. The molecule has 0 bridgehead atoms. The van der Waals surface area contributed by atoms with E-state index >= 15 is 0 Å². The Labute approximate surface area is 183 Å². The SMILES string of the molecule is C#CC1(N)[C@@H](O)[C@@H](COP(=O)(O)OP(=O)(O)OP(=O)(O)O)O[C@H]1n1cnc2cnc(N)nc21. The summed E-state index contributed by atoms with van der Waals surface area (Å²) in [6.45, 7) is -0.980. The van der Waals surface area contributed by atoms with Crippen LogP contribution in [0.25, 0.3) is 11.2 Å². The zero-order valence-corrected chi connectivity index (χ0v) is 18.7. The maximum Gasteiger partial charge on any atom is 0.490 e. The minimum Gasteiger partial charge on any atom is -0.387 e. The third kappa shape index (κ3) is 5.65. The van der Waals surface area contributed by atoms with Gasteiger partial charge in [-0.3, -0.25) is 9.09 Å². The summed E-state index contributed by atoms with van der Waals surface area (Å²) >= 11 is 0. The molecule has 0 spiro atoms. The topological polar surface area (TPSA) is 285 Å². The number of ether oxygens (including phenoxy) is 1. The van der Waals surface area contributed by atoms with Crippen LogP contribution in [0, 0.1) is 12.3 Å². The van der Waals surface area contributed by atoms with Gasteiger partial charge < -0.3 is 40.9 Å². The van der Waals surface area contributed by atoms with Crippen LogP contribution in [0.1, 0.15) is 6.23 Å². The largest absolute Gasteiger partial charge is 0.490 e. The maximum atomic E-state index is 11.9. The molecule has 9 N–H and O–H groups in total. The first kappa shape index (κ1) is 25.8. The highest BCUT2D eigenvalue weighted by molar-refractivity contribution is 7.66. The van der Waals surface area contributed by atoms with E-state index in [2.05, 4.69) is 34.0 Å². The minimum atomic E-state index is -5.73. The summed E-state index contributed by atoms with van der Waals surface area (Å²) in [6, 6.07) is 0. The van der Waals surface area contributed by atoms with E-state index in [1.807, 2.05) is 0 Å². The van der Waals surface area contributed by atoms with Gasteiger partial charge in [0.1, 0.15) is 17.7 Å². The summed E-state index contributed by atoms with van der Waals surface area (Å²) in [6.07, 6.45) is 3.44. The van der Waals surface area contributed by atoms with E-state index in [4.69, 9.17) is 32.4 Å². The molecule has 0 amide bonds. The van der Waals surface area contributed by atoms with E-state index in [1.54, 1.807) is 0 Å². The van der Waals surface area contributed by atoms with Crippen LogP contribution in [-0.2, 0) is 31.6 Å². The number of phosphoric acid groups is 3. The van der Waals surface area contributed by atoms with Gasteiger partial charge >= 0.3 is 23.5 Å². The van der Waals surface area contributed by atoms with E-state index in [9.17, 15) is 28.6 Å². The summed E-state index contributed by atoms with van der Waals surface area (Å²) in [7, 11) is -16.8. The van der Waals surface area contributed by atoms with Gasteiger partial charge in [0.05, 0.1) is 19.1 Å². The number of aliphatic hydroxyl groups is 1. The molecule has 1 saturated heterocycles. The molecule has 1 aliphatic heterocycles. The second kappa shape index (κ2) is 8.77. The number of aliphatic hydroxyl groups excluding tert-OH is 1. The molecule has 3 heterocycles. The molecule has 18 nitrogen and oxygen atoms in total. The Kier molecular flexibility index (Phi) is 6.86. The fraction of sp³-hybridized carbons (Fsp3) is 0.417. The zero-order chi connectivity index (χ0) is 24.8. The molecule has 33 heavy (non-hydrogen) atoms. The summed E-state index contributed by atoms with van der Waals surface area (Å²) in [5, 5.41) is 10.6. The van der Waals surface area contributed by atoms with Crippen molar-refractivity contribution in [2.75, 3.05) is 12.3 Å². The van der Waals surface area contributed by atoms with Crippen molar-refractivity contribution in [3.63, 3.8) is 0 Å². The average Bonchev–Trinajstić information content (AvgIpc) is 3.16. The van der Waals surface area contributed by atoms with Crippen LogP contribution in [0.5, 0.6) is 0 Å². The van der Waals surface area contributed by atoms with E-state index < -0.39 is 54.0 Å². The first-order chi connectivity index (χ1) is 15.1. The van der Waals surface area contributed by atoms with E-state index in [-0.39, 0.29) is 17.1 Å². The number of aromatic nitrogens is 4. The molecule has 3 rings (SSSR count). The Morgan fingerprint density at radius 2 is 1.88 bits per heavy atom. The van der Waals surface area contributed by atoms with Gasteiger partial charge in [-0.25, -0.2) is 23.7 Å². The van der Waals surface area contributed by atoms with Crippen LogP contribution >= 0.6 is 23.5 Å². The Bertz CT molecular complexity index is 1240. The van der Waals surface area contributed by atoms with E-state index in [1.165, 1.54) is 17.1 Å². The van der Waals surface area contributed by atoms with Crippen molar-refractivity contribution < 1.29 is 56.3 Å². The fourth-order valence-corrected chi connectivity index (χ4v) is 5.90. The van der Waals surface area contributed by atoms with Gasteiger partial charge in [-0.05, 0) is 0 Å². The van der Waals surface area contributed by atoms with Crippen LogP contribution in [0.15, 0.2) is 12.5 Å². The lowest BCUT2D eigenvalue weighted by Gasteiger charge is -2.27.